The molecule has 0 radical (unpaired) electrons. The number of nitrogens with one attached hydrogen (secondary N) is 2. The number of carbonyl (C=O) groups is 1. The normalized spacial score (nSPS) is 12.0. The quantitative estimate of drug-likeness (QED) is 0.751. The maximum Gasteiger partial charge on any atom is 0.222 e. The van der Waals surface area contributed by atoms with Crippen LogP contribution in [0.25, 0.3) is 0 Å². The molecular formula is C18H20F2N2OS. The summed E-state index contributed by atoms with van der Waals surface area (Å²) in [6.07, 6.45) is 2.26. The summed E-state index contributed by atoms with van der Waals surface area (Å²) >= 11 is 1.58. The fourth-order valence-electron chi connectivity index (χ4n) is 2.34. The van der Waals surface area contributed by atoms with Crippen molar-refractivity contribution in [1.29, 1.82) is 0 Å². The first kappa shape index (κ1) is 18.4. The van der Waals surface area contributed by atoms with Crippen molar-refractivity contribution in [3.63, 3.8) is 0 Å². The number of amides is 1. The maximum atomic E-state index is 13.6. The largest absolute Gasteiger partial charge is 0.345 e. The van der Waals surface area contributed by atoms with Crippen molar-refractivity contribution in [1.82, 2.24) is 10.6 Å². The molecule has 1 unspecified atom stereocenters. The van der Waals surface area contributed by atoms with Gasteiger partial charge in [-0.05, 0) is 48.7 Å². The molecule has 2 N–H and O–H groups in total. The summed E-state index contributed by atoms with van der Waals surface area (Å²) in [5, 5.41) is 5.82. The van der Waals surface area contributed by atoms with E-state index in [4.69, 9.17) is 0 Å². The van der Waals surface area contributed by atoms with E-state index in [1.54, 1.807) is 18.8 Å². The van der Waals surface area contributed by atoms with Gasteiger partial charge < -0.3 is 10.6 Å². The molecule has 2 rings (SSSR count). The number of hydrogen-bond acceptors (Lipinski definition) is 3. The van der Waals surface area contributed by atoms with E-state index in [0.29, 0.717) is 18.5 Å². The van der Waals surface area contributed by atoms with E-state index < -0.39 is 17.7 Å². The van der Waals surface area contributed by atoms with Crippen LogP contribution >= 0.6 is 11.8 Å². The molecule has 6 heteroatoms. The maximum absolute atomic E-state index is 13.6. The van der Waals surface area contributed by atoms with E-state index in [-0.39, 0.29) is 5.91 Å². The average Bonchev–Trinajstić information content (AvgIpc) is 2.60. The number of thioether (sulfide) groups is 1. The van der Waals surface area contributed by atoms with Crippen molar-refractivity contribution in [2.45, 2.75) is 17.4 Å². The van der Waals surface area contributed by atoms with Crippen LogP contribution in [-0.2, 0) is 4.79 Å². The highest BCUT2D eigenvalue weighted by Crippen LogP contribution is 2.27. The van der Waals surface area contributed by atoms with Crippen LogP contribution in [0.3, 0.4) is 0 Å². The number of rotatable bonds is 7. The predicted octanol–water partition coefficient (Wildman–Crippen LogP) is 3.50. The monoisotopic (exact) mass is 350 g/mol. The fraction of sp³-hybridized carbons (Fsp3) is 0.278. The zero-order valence-corrected chi connectivity index (χ0v) is 14.4. The van der Waals surface area contributed by atoms with Gasteiger partial charge in [-0.15, -0.1) is 11.8 Å². The standard InChI is InChI=1S/C18H20F2N2OS/c1-21-9-8-17(23)22-18(12-4-3-5-14(10-12)24-2)13-6-7-15(19)16(20)11-13/h3-7,10-11,18,21H,8-9H2,1-2H3,(H,22,23). The zero-order chi connectivity index (χ0) is 17.5. The van der Waals surface area contributed by atoms with Crippen molar-refractivity contribution >= 4 is 17.7 Å². The van der Waals surface area contributed by atoms with Crippen LogP contribution in [0.15, 0.2) is 47.4 Å². The number of hydrogen-bond donors (Lipinski definition) is 2. The van der Waals surface area contributed by atoms with Gasteiger partial charge in [0.05, 0.1) is 6.04 Å². The third-order valence-electron chi connectivity index (χ3n) is 3.61. The Labute approximate surface area is 144 Å². The molecule has 128 valence electrons. The summed E-state index contributed by atoms with van der Waals surface area (Å²) in [5.41, 5.74) is 1.33. The molecule has 0 spiro atoms. The molecule has 1 amide bonds. The van der Waals surface area contributed by atoms with E-state index >= 15 is 0 Å². The molecule has 0 aromatic heterocycles. The van der Waals surface area contributed by atoms with E-state index in [1.165, 1.54) is 6.07 Å². The van der Waals surface area contributed by atoms with E-state index in [9.17, 15) is 13.6 Å². The van der Waals surface area contributed by atoms with Gasteiger partial charge in [-0.2, -0.15) is 0 Å². The molecule has 2 aromatic carbocycles. The lowest BCUT2D eigenvalue weighted by Crippen LogP contribution is -2.31. The second kappa shape index (κ2) is 8.80. The lowest BCUT2D eigenvalue weighted by atomic mass is 9.98. The smallest absolute Gasteiger partial charge is 0.222 e. The molecule has 0 aliphatic rings. The Morgan fingerprint density at radius 3 is 2.54 bits per heavy atom. The Balaban J connectivity index is 2.36. The van der Waals surface area contributed by atoms with Crippen LogP contribution in [0.2, 0.25) is 0 Å². The van der Waals surface area contributed by atoms with Crippen molar-refractivity contribution < 1.29 is 13.6 Å². The third-order valence-corrected chi connectivity index (χ3v) is 4.34. The first-order chi connectivity index (χ1) is 11.5. The predicted molar refractivity (Wildman–Crippen MR) is 93.1 cm³/mol. The van der Waals surface area contributed by atoms with Gasteiger partial charge in [0.1, 0.15) is 0 Å². The van der Waals surface area contributed by atoms with Crippen LogP contribution in [0, 0.1) is 11.6 Å². The summed E-state index contributed by atoms with van der Waals surface area (Å²) in [4.78, 5) is 13.2. The van der Waals surface area contributed by atoms with Gasteiger partial charge in [0.2, 0.25) is 5.91 Å². The first-order valence-corrected chi connectivity index (χ1v) is 8.80. The molecule has 0 saturated heterocycles. The second-order valence-electron chi connectivity index (χ2n) is 5.30. The molecule has 0 aliphatic carbocycles. The van der Waals surface area contributed by atoms with Crippen LogP contribution in [0.1, 0.15) is 23.6 Å². The summed E-state index contributed by atoms with van der Waals surface area (Å²) in [7, 11) is 1.77. The van der Waals surface area contributed by atoms with E-state index in [1.807, 2.05) is 30.5 Å². The number of halogens is 2. The van der Waals surface area contributed by atoms with Gasteiger partial charge >= 0.3 is 0 Å². The number of benzene rings is 2. The molecule has 24 heavy (non-hydrogen) atoms. The average molecular weight is 350 g/mol. The summed E-state index contributed by atoms with van der Waals surface area (Å²) in [6, 6.07) is 10.8. The van der Waals surface area contributed by atoms with E-state index in [2.05, 4.69) is 10.6 Å². The SMILES string of the molecule is CNCCC(=O)NC(c1cccc(SC)c1)c1ccc(F)c(F)c1. The molecule has 0 bridgehead atoms. The zero-order valence-electron chi connectivity index (χ0n) is 13.6. The third kappa shape index (κ3) is 4.79. The lowest BCUT2D eigenvalue weighted by molar-refractivity contribution is -0.121. The van der Waals surface area contributed by atoms with Crippen molar-refractivity contribution in [3.8, 4) is 0 Å². The molecule has 0 saturated carbocycles. The van der Waals surface area contributed by atoms with Gasteiger partial charge in [-0.3, -0.25) is 4.79 Å². The minimum atomic E-state index is -0.928. The Morgan fingerprint density at radius 2 is 1.88 bits per heavy atom. The van der Waals surface area contributed by atoms with Crippen LogP contribution in [0.4, 0.5) is 8.78 Å². The fourth-order valence-corrected chi connectivity index (χ4v) is 2.81. The van der Waals surface area contributed by atoms with Crippen LogP contribution in [-0.4, -0.2) is 25.8 Å². The van der Waals surface area contributed by atoms with Gasteiger partial charge in [0.15, 0.2) is 11.6 Å². The van der Waals surface area contributed by atoms with Crippen LogP contribution in [0.5, 0.6) is 0 Å². The molecule has 1 atom stereocenters. The minimum absolute atomic E-state index is 0.159. The molecule has 2 aromatic rings. The van der Waals surface area contributed by atoms with Crippen molar-refractivity contribution in [2.75, 3.05) is 19.8 Å². The second-order valence-corrected chi connectivity index (χ2v) is 6.18. The van der Waals surface area contributed by atoms with E-state index in [0.717, 1.165) is 22.6 Å². The Hall–Kier alpha value is -1.92. The highest BCUT2D eigenvalue weighted by atomic mass is 32.2. The molecule has 3 nitrogen and oxygen atoms in total. The Morgan fingerprint density at radius 1 is 1.12 bits per heavy atom. The summed E-state index contributed by atoms with van der Waals surface area (Å²) in [5.74, 6) is -1.99. The molecule has 0 heterocycles. The Kier molecular flexibility index (Phi) is 6.75. The summed E-state index contributed by atoms with van der Waals surface area (Å²) < 4.78 is 26.9. The molecule has 0 fully saturated rings. The molecular weight excluding hydrogens is 330 g/mol. The lowest BCUT2D eigenvalue weighted by Gasteiger charge is -2.21. The summed E-state index contributed by atoms with van der Waals surface area (Å²) in [6.45, 7) is 0.543. The van der Waals surface area contributed by atoms with Gasteiger partial charge in [0.25, 0.3) is 0 Å². The van der Waals surface area contributed by atoms with Gasteiger partial charge in [0, 0.05) is 17.9 Å². The van der Waals surface area contributed by atoms with Crippen LogP contribution < -0.4 is 10.6 Å². The highest BCUT2D eigenvalue weighted by molar-refractivity contribution is 7.98. The topological polar surface area (TPSA) is 41.1 Å². The minimum Gasteiger partial charge on any atom is -0.345 e. The van der Waals surface area contributed by atoms with Crippen molar-refractivity contribution in [3.05, 3.63) is 65.2 Å². The highest BCUT2D eigenvalue weighted by Gasteiger charge is 2.18. The van der Waals surface area contributed by atoms with Gasteiger partial charge in [-0.1, -0.05) is 18.2 Å². The first-order valence-electron chi connectivity index (χ1n) is 7.58. The number of carbonyl (C=O) groups excluding carboxylic acids is 1. The Bertz CT molecular complexity index is 709. The van der Waals surface area contributed by atoms with Gasteiger partial charge in [-0.25, -0.2) is 8.78 Å². The molecule has 0 aliphatic heterocycles. The van der Waals surface area contributed by atoms with Crippen molar-refractivity contribution in [2.24, 2.45) is 0 Å².